The fourth-order valence-electron chi connectivity index (χ4n) is 3.35. The monoisotopic (exact) mass is 386 g/mol. The molecule has 0 spiro atoms. The van der Waals surface area contributed by atoms with Crippen molar-refractivity contribution in [3.05, 3.63) is 84.2 Å². The van der Waals surface area contributed by atoms with Gasteiger partial charge in [0.15, 0.2) is 0 Å². The van der Waals surface area contributed by atoms with Gasteiger partial charge in [-0.25, -0.2) is 0 Å². The number of anilines is 3. The largest absolute Gasteiger partial charge is 0.372 e. The maximum Gasteiger partial charge on any atom is 0.274 e. The van der Waals surface area contributed by atoms with Crippen LogP contribution >= 0.6 is 0 Å². The number of benzene rings is 2. The first-order chi connectivity index (χ1) is 14.2. The third-order valence-electron chi connectivity index (χ3n) is 4.88. The Balaban J connectivity index is 1.42. The molecule has 2 aromatic carbocycles. The van der Waals surface area contributed by atoms with E-state index in [9.17, 15) is 9.59 Å². The number of carbonyl (C=O) groups excluding carboxylic acids is 2. The van der Waals surface area contributed by atoms with Gasteiger partial charge in [0.05, 0.1) is 0 Å². The van der Waals surface area contributed by atoms with Gasteiger partial charge in [0.2, 0.25) is 0 Å². The van der Waals surface area contributed by atoms with Crippen LogP contribution in [0.25, 0.3) is 0 Å². The predicted octanol–water partition coefficient (Wildman–Crippen LogP) is 4.19. The van der Waals surface area contributed by atoms with Crippen LogP contribution in [0.15, 0.2) is 72.9 Å². The van der Waals surface area contributed by atoms with E-state index in [0.717, 1.165) is 13.1 Å². The molecule has 4 rings (SSSR count). The first kappa shape index (κ1) is 18.7. The number of para-hydroxylation sites is 1. The maximum atomic E-state index is 12.6. The molecule has 2 N–H and O–H groups in total. The highest BCUT2D eigenvalue weighted by atomic mass is 16.2. The summed E-state index contributed by atoms with van der Waals surface area (Å²) in [4.78, 5) is 31.4. The predicted molar refractivity (Wildman–Crippen MR) is 114 cm³/mol. The molecule has 146 valence electrons. The van der Waals surface area contributed by atoms with Crippen LogP contribution in [0.3, 0.4) is 0 Å². The summed E-state index contributed by atoms with van der Waals surface area (Å²) in [5.41, 5.74) is 3.11. The van der Waals surface area contributed by atoms with Crippen LogP contribution in [0.2, 0.25) is 0 Å². The molecule has 29 heavy (non-hydrogen) atoms. The standard InChI is InChI=1S/C23H22N4O2/c28-22(25-18-6-2-1-3-7-18)17-12-13-24-21(16-17)23(29)26-19-8-10-20(11-9-19)27-14-4-5-15-27/h1-3,6-13,16H,4-5,14-15H2,(H,25,28)(H,26,29). The second-order valence-corrected chi connectivity index (χ2v) is 6.95. The third kappa shape index (κ3) is 4.60. The molecule has 1 aromatic heterocycles. The summed E-state index contributed by atoms with van der Waals surface area (Å²) in [5.74, 6) is -0.643. The summed E-state index contributed by atoms with van der Waals surface area (Å²) in [6, 6.07) is 20.0. The molecule has 1 aliphatic heterocycles. The lowest BCUT2D eigenvalue weighted by Gasteiger charge is -2.17. The summed E-state index contributed by atoms with van der Waals surface area (Å²) in [7, 11) is 0. The van der Waals surface area contributed by atoms with Crippen LogP contribution in [0, 0.1) is 0 Å². The Kier molecular flexibility index (Phi) is 5.52. The number of amides is 2. The average Bonchev–Trinajstić information content (AvgIpc) is 3.30. The van der Waals surface area contributed by atoms with E-state index in [1.807, 2.05) is 42.5 Å². The van der Waals surface area contributed by atoms with Gasteiger partial charge >= 0.3 is 0 Å². The second-order valence-electron chi connectivity index (χ2n) is 6.95. The Morgan fingerprint density at radius 2 is 1.45 bits per heavy atom. The minimum atomic E-state index is -0.353. The van der Waals surface area contributed by atoms with Crippen LogP contribution in [-0.4, -0.2) is 29.9 Å². The molecule has 1 aliphatic rings. The number of nitrogens with one attached hydrogen (secondary N) is 2. The molecule has 2 amide bonds. The van der Waals surface area contributed by atoms with Crippen molar-refractivity contribution in [1.82, 2.24) is 4.98 Å². The maximum absolute atomic E-state index is 12.6. The molecule has 1 fully saturated rings. The van der Waals surface area contributed by atoms with Crippen LogP contribution in [0.4, 0.5) is 17.1 Å². The molecule has 0 atom stereocenters. The normalized spacial score (nSPS) is 13.2. The number of pyridine rings is 1. The number of hydrogen-bond acceptors (Lipinski definition) is 4. The van der Waals surface area contributed by atoms with Gasteiger partial charge in [-0.1, -0.05) is 18.2 Å². The minimum absolute atomic E-state index is 0.189. The smallest absolute Gasteiger partial charge is 0.274 e. The van der Waals surface area contributed by atoms with Crippen LogP contribution < -0.4 is 15.5 Å². The Morgan fingerprint density at radius 1 is 0.793 bits per heavy atom. The lowest BCUT2D eigenvalue weighted by molar-refractivity contribution is 0.102. The van der Waals surface area contributed by atoms with E-state index < -0.39 is 0 Å². The fraction of sp³-hybridized carbons (Fsp3) is 0.174. The molecule has 3 aromatic rings. The summed E-state index contributed by atoms with van der Waals surface area (Å²) in [6.07, 6.45) is 3.90. The minimum Gasteiger partial charge on any atom is -0.372 e. The molecule has 0 radical (unpaired) electrons. The Bertz CT molecular complexity index is 997. The van der Waals surface area contributed by atoms with Gasteiger partial charge in [0.1, 0.15) is 5.69 Å². The molecule has 6 heteroatoms. The van der Waals surface area contributed by atoms with Crippen LogP contribution in [0.1, 0.15) is 33.7 Å². The fourth-order valence-corrected chi connectivity index (χ4v) is 3.35. The van der Waals surface area contributed by atoms with Gasteiger partial charge in [-0.05, 0) is 61.4 Å². The lowest BCUT2D eigenvalue weighted by Crippen LogP contribution is -2.18. The zero-order chi connectivity index (χ0) is 20.1. The Labute approximate surface area is 169 Å². The molecular weight excluding hydrogens is 364 g/mol. The molecule has 6 nitrogen and oxygen atoms in total. The van der Waals surface area contributed by atoms with Gasteiger partial charge in [-0.3, -0.25) is 14.6 Å². The summed E-state index contributed by atoms with van der Waals surface area (Å²) in [5, 5.41) is 5.64. The van der Waals surface area contributed by atoms with Gasteiger partial charge < -0.3 is 15.5 Å². The number of aromatic nitrogens is 1. The van der Waals surface area contributed by atoms with E-state index >= 15 is 0 Å². The van der Waals surface area contributed by atoms with Crippen molar-refractivity contribution in [1.29, 1.82) is 0 Å². The van der Waals surface area contributed by atoms with E-state index in [4.69, 9.17) is 0 Å². The Morgan fingerprint density at radius 3 is 2.17 bits per heavy atom. The van der Waals surface area contributed by atoms with Crippen molar-refractivity contribution in [3.8, 4) is 0 Å². The molecule has 0 aliphatic carbocycles. The van der Waals surface area contributed by atoms with E-state index in [1.165, 1.54) is 30.8 Å². The van der Waals surface area contributed by atoms with Crippen molar-refractivity contribution in [2.75, 3.05) is 28.6 Å². The zero-order valence-electron chi connectivity index (χ0n) is 16.0. The Hall–Kier alpha value is -3.67. The van der Waals surface area contributed by atoms with Crippen molar-refractivity contribution < 1.29 is 9.59 Å². The zero-order valence-corrected chi connectivity index (χ0v) is 16.0. The van der Waals surface area contributed by atoms with Gasteiger partial charge in [0, 0.05) is 41.9 Å². The molecule has 1 saturated heterocycles. The van der Waals surface area contributed by atoms with E-state index in [1.54, 1.807) is 18.2 Å². The number of rotatable bonds is 5. The third-order valence-corrected chi connectivity index (χ3v) is 4.88. The highest BCUT2D eigenvalue weighted by molar-refractivity contribution is 6.07. The van der Waals surface area contributed by atoms with Gasteiger partial charge in [0.25, 0.3) is 11.8 Å². The van der Waals surface area contributed by atoms with Crippen LogP contribution in [-0.2, 0) is 0 Å². The molecule has 0 bridgehead atoms. The quantitative estimate of drug-likeness (QED) is 0.690. The first-order valence-corrected chi connectivity index (χ1v) is 9.68. The number of hydrogen-bond donors (Lipinski definition) is 2. The number of nitrogens with zero attached hydrogens (tertiary/aromatic N) is 2. The van der Waals surface area contributed by atoms with Crippen molar-refractivity contribution in [2.45, 2.75) is 12.8 Å². The molecule has 0 unspecified atom stereocenters. The highest BCUT2D eigenvalue weighted by Gasteiger charge is 2.14. The topological polar surface area (TPSA) is 74.3 Å². The van der Waals surface area contributed by atoms with Crippen molar-refractivity contribution in [2.24, 2.45) is 0 Å². The highest BCUT2D eigenvalue weighted by Crippen LogP contribution is 2.22. The van der Waals surface area contributed by atoms with Gasteiger partial charge in [-0.2, -0.15) is 0 Å². The molecular formula is C23H22N4O2. The van der Waals surface area contributed by atoms with E-state index in [2.05, 4.69) is 20.5 Å². The van der Waals surface area contributed by atoms with E-state index in [-0.39, 0.29) is 17.5 Å². The summed E-state index contributed by atoms with van der Waals surface area (Å²) in [6.45, 7) is 2.15. The lowest BCUT2D eigenvalue weighted by atomic mass is 10.2. The summed E-state index contributed by atoms with van der Waals surface area (Å²) >= 11 is 0. The van der Waals surface area contributed by atoms with Crippen molar-refractivity contribution in [3.63, 3.8) is 0 Å². The van der Waals surface area contributed by atoms with Crippen LogP contribution in [0.5, 0.6) is 0 Å². The number of carbonyl (C=O) groups is 2. The van der Waals surface area contributed by atoms with E-state index in [0.29, 0.717) is 16.9 Å². The van der Waals surface area contributed by atoms with Gasteiger partial charge in [-0.15, -0.1) is 0 Å². The second kappa shape index (κ2) is 8.56. The summed E-state index contributed by atoms with van der Waals surface area (Å²) < 4.78 is 0. The SMILES string of the molecule is O=C(Nc1ccccc1)c1ccnc(C(=O)Nc2ccc(N3CCCC3)cc2)c1. The van der Waals surface area contributed by atoms with Crippen molar-refractivity contribution >= 4 is 28.9 Å². The average molecular weight is 386 g/mol. The first-order valence-electron chi connectivity index (χ1n) is 9.68. The molecule has 2 heterocycles. The molecule has 0 saturated carbocycles.